The van der Waals surface area contributed by atoms with Crippen molar-refractivity contribution in [3.05, 3.63) is 47.0 Å². The molecule has 0 fully saturated rings. The zero-order valence-electron chi connectivity index (χ0n) is 11.2. The van der Waals surface area contributed by atoms with Crippen LogP contribution in [0.25, 0.3) is 0 Å². The predicted molar refractivity (Wildman–Crippen MR) is 75.0 cm³/mol. The van der Waals surface area contributed by atoms with Crippen LogP contribution >= 0.6 is 11.6 Å². The Morgan fingerprint density at radius 1 is 1.42 bits per heavy atom. The molecule has 2 aromatic rings. The third-order valence-electron chi connectivity index (χ3n) is 3.08. The highest BCUT2D eigenvalue weighted by atomic mass is 35.5. The minimum absolute atomic E-state index is 0.410. The van der Waals surface area contributed by atoms with Crippen molar-refractivity contribution in [3.8, 4) is 0 Å². The number of halogens is 1. The highest BCUT2D eigenvalue weighted by molar-refractivity contribution is 6.30. The summed E-state index contributed by atoms with van der Waals surface area (Å²) in [4.78, 5) is 4.23. The lowest BCUT2D eigenvalue weighted by atomic mass is 9.92. The predicted octanol–water partition coefficient (Wildman–Crippen LogP) is 2.79. The molecule has 0 bridgehead atoms. The van der Waals surface area contributed by atoms with Crippen molar-refractivity contribution >= 4 is 11.6 Å². The molecule has 0 radical (unpaired) electrons. The second-order valence-electron chi connectivity index (χ2n) is 4.86. The van der Waals surface area contributed by atoms with E-state index < -0.39 is 5.60 Å². The quantitative estimate of drug-likeness (QED) is 0.916. The molecule has 0 aliphatic carbocycles. The fourth-order valence-corrected chi connectivity index (χ4v) is 2.25. The fourth-order valence-electron chi connectivity index (χ4n) is 2.06. The summed E-state index contributed by atoms with van der Waals surface area (Å²) in [5.41, 5.74) is -0.227. The van der Waals surface area contributed by atoms with Crippen LogP contribution in [0.15, 0.2) is 30.6 Å². The number of nitrogens with zero attached hydrogens (tertiary/aromatic N) is 3. The second kappa shape index (κ2) is 5.72. The summed E-state index contributed by atoms with van der Waals surface area (Å²) < 4.78 is 1.83. The van der Waals surface area contributed by atoms with Crippen LogP contribution in [0.2, 0.25) is 5.02 Å². The molecule has 4 nitrogen and oxygen atoms in total. The van der Waals surface area contributed by atoms with Crippen LogP contribution in [0, 0.1) is 0 Å². The van der Waals surface area contributed by atoms with E-state index in [0.29, 0.717) is 11.4 Å². The average Bonchev–Trinajstić information content (AvgIpc) is 2.76. The van der Waals surface area contributed by atoms with Crippen molar-refractivity contribution in [1.82, 2.24) is 14.8 Å². The first-order valence-corrected chi connectivity index (χ1v) is 6.76. The van der Waals surface area contributed by atoms with Gasteiger partial charge in [-0.25, -0.2) is 9.67 Å². The Bertz CT molecular complexity index is 551. The lowest BCUT2D eigenvalue weighted by molar-refractivity contribution is 0.0542. The molecule has 1 unspecified atom stereocenters. The van der Waals surface area contributed by atoms with Crippen molar-refractivity contribution in [1.29, 1.82) is 0 Å². The molecular weight excluding hydrogens is 262 g/mol. The van der Waals surface area contributed by atoms with Gasteiger partial charge < -0.3 is 5.11 Å². The van der Waals surface area contributed by atoms with Crippen LogP contribution in [-0.2, 0) is 18.6 Å². The average molecular weight is 280 g/mol. The Morgan fingerprint density at radius 2 is 2.21 bits per heavy atom. The molecule has 0 aliphatic rings. The van der Waals surface area contributed by atoms with Crippen LogP contribution in [0.3, 0.4) is 0 Å². The Kier molecular flexibility index (Phi) is 4.22. The van der Waals surface area contributed by atoms with Gasteiger partial charge in [0, 0.05) is 18.0 Å². The molecule has 5 heteroatoms. The molecule has 0 saturated heterocycles. The molecule has 1 aromatic carbocycles. The summed E-state index contributed by atoms with van der Waals surface area (Å²) in [7, 11) is 0. The third-order valence-corrected chi connectivity index (χ3v) is 3.32. The summed E-state index contributed by atoms with van der Waals surface area (Å²) in [6.45, 7) is 4.66. The number of aliphatic hydroxyl groups is 1. The summed E-state index contributed by atoms with van der Waals surface area (Å²) in [6.07, 6.45) is 2.92. The van der Waals surface area contributed by atoms with E-state index in [2.05, 4.69) is 17.0 Å². The van der Waals surface area contributed by atoms with Gasteiger partial charge in [-0.2, -0.15) is 5.10 Å². The summed E-state index contributed by atoms with van der Waals surface area (Å²) in [6, 6.07) is 7.28. The normalized spacial score (nSPS) is 14.3. The Balaban J connectivity index is 2.23. The minimum Gasteiger partial charge on any atom is -0.385 e. The lowest BCUT2D eigenvalue weighted by Gasteiger charge is -2.23. The molecular formula is C14H18ClN3O. The molecule has 1 N–H and O–H groups in total. The van der Waals surface area contributed by atoms with E-state index in [0.717, 1.165) is 24.4 Å². The van der Waals surface area contributed by atoms with Gasteiger partial charge in [-0.05, 0) is 31.0 Å². The van der Waals surface area contributed by atoms with E-state index in [1.807, 2.05) is 16.8 Å². The van der Waals surface area contributed by atoms with Crippen LogP contribution in [0.4, 0.5) is 0 Å². The first-order valence-electron chi connectivity index (χ1n) is 6.38. The Morgan fingerprint density at radius 3 is 2.89 bits per heavy atom. The van der Waals surface area contributed by atoms with Gasteiger partial charge in [0.2, 0.25) is 0 Å². The number of aryl methyl sites for hydroxylation is 1. The molecule has 0 saturated carbocycles. The topological polar surface area (TPSA) is 50.9 Å². The van der Waals surface area contributed by atoms with Gasteiger partial charge in [0.05, 0.1) is 5.60 Å². The van der Waals surface area contributed by atoms with Crippen LogP contribution in [0.5, 0.6) is 0 Å². The number of rotatable bonds is 5. The van der Waals surface area contributed by atoms with Crippen molar-refractivity contribution < 1.29 is 5.11 Å². The molecule has 0 amide bonds. The lowest BCUT2D eigenvalue weighted by Crippen LogP contribution is -2.26. The largest absolute Gasteiger partial charge is 0.385 e. The van der Waals surface area contributed by atoms with E-state index in [4.69, 9.17) is 11.6 Å². The maximum absolute atomic E-state index is 10.6. The van der Waals surface area contributed by atoms with E-state index >= 15 is 0 Å². The standard InChI is InChI=1S/C14H18ClN3O/c1-3-7-18-13(16-10-17-18)9-14(2,19)11-5-4-6-12(15)8-11/h4-6,8,10,19H,3,7,9H2,1-2H3. The summed E-state index contributed by atoms with van der Waals surface area (Å²) in [5, 5.41) is 15.4. The molecule has 0 spiro atoms. The van der Waals surface area contributed by atoms with Gasteiger partial charge in [0.1, 0.15) is 12.2 Å². The Hall–Kier alpha value is -1.39. The zero-order valence-corrected chi connectivity index (χ0v) is 11.9. The Labute approximate surface area is 118 Å². The molecule has 19 heavy (non-hydrogen) atoms. The maximum atomic E-state index is 10.6. The van der Waals surface area contributed by atoms with Crippen molar-refractivity contribution in [2.75, 3.05) is 0 Å². The monoisotopic (exact) mass is 279 g/mol. The van der Waals surface area contributed by atoms with Crippen LogP contribution in [-0.4, -0.2) is 19.9 Å². The molecule has 102 valence electrons. The molecule has 1 atom stereocenters. The number of hydrogen-bond acceptors (Lipinski definition) is 3. The third kappa shape index (κ3) is 3.33. The highest BCUT2D eigenvalue weighted by Crippen LogP contribution is 2.26. The van der Waals surface area contributed by atoms with E-state index in [1.54, 1.807) is 19.1 Å². The first kappa shape index (κ1) is 14.0. The summed E-state index contributed by atoms with van der Waals surface area (Å²) >= 11 is 5.97. The number of aromatic nitrogens is 3. The van der Waals surface area contributed by atoms with Gasteiger partial charge in [0.25, 0.3) is 0 Å². The second-order valence-corrected chi connectivity index (χ2v) is 5.30. The molecule has 1 aromatic heterocycles. The van der Waals surface area contributed by atoms with Crippen molar-refractivity contribution in [3.63, 3.8) is 0 Å². The number of benzene rings is 1. The summed E-state index contributed by atoms with van der Waals surface area (Å²) in [5.74, 6) is 0.784. The highest BCUT2D eigenvalue weighted by Gasteiger charge is 2.26. The van der Waals surface area contributed by atoms with Crippen LogP contribution < -0.4 is 0 Å². The zero-order chi connectivity index (χ0) is 13.9. The molecule has 1 heterocycles. The van der Waals surface area contributed by atoms with Crippen LogP contribution in [0.1, 0.15) is 31.7 Å². The molecule has 0 aliphatic heterocycles. The first-order chi connectivity index (χ1) is 9.03. The van der Waals surface area contributed by atoms with Crippen molar-refractivity contribution in [2.24, 2.45) is 0 Å². The van der Waals surface area contributed by atoms with E-state index in [1.165, 1.54) is 6.33 Å². The van der Waals surface area contributed by atoms with Gasteiger partial charge in [-0.1, -0.05) is 30.7 Å². The van der Waals surface area contributed by atoms with Gasteiger partial charge in [-0.15, -0.1) is 0 Å². The van der Waals surface area contributed by atoms with Gasteiger partial charge >= 0.3 is 0 Å². The van der Waals surface area contributed by atoms with Gasteiger partial charge in [0.15, 0.2) is 0 Å². The fraction of sp³-hybridized carbons (Fsp3) is 0.429. The van der Waals surface area contributed by atoms with E-state index in [-0.39, 0.29) is 0 Å². The van der Waals surface area contributed by atoms with E-state index in [9.17, 15) is 5.11 Å². The van der Waals surface area contributed by atoms with Gasteiger partial charge in [-0.3, -0.25) is 0 Å². The molecule has 2 rings (SSSR count). The van der Waals surface area contributed by atoms with Crippen molar-refractivity contribution in [2.45, 2.75) is 38.8 Å². The maximum Gasteiger partial charge on any atom is 0.138 e. The number of hydrogen-bond donors (Lipinski definition) is 1. The minimum atomic E-state index is -1.01. The SMILES string of the molecule is CCCn1ncnc1CC(C)(O)c1cccc(Cl)c1. The smallest absolute Gasteiger partial charge is 0.138 e.